The predicted molar refractivity (Wildman–Crippen MR) is 87.6 cm³/mol. The second-order valence-corrected chi connectivity index (χ2v) is 8.64. The van der Waals surface area contributed by atoms with Gasteiger partial charge in [0.15, 0.2) is 5.58 Å². The number of oxazole rings is 1. The summed E-state index contributed by atoms with van der Waals surface area (Å²) < 4.78 is 46.6. The number of nitrogens with zero attached hydrogens (tertiary/aromatic N) is 1. The maximum absolute atomic E-state index is 14.5. The molecule has 26 heavy (non-hydrogen) atoms. The summed E-state index contributed by atoms with van der Waals surface area (Å²) in [4.78, 5) is 24.5. The van der Waals surface area contributed by atoms with Crippen molar-refractivity contribution in [1.29, 1.82) is 0 Å². The van der Waals surface area contributed by atoms with Gasteiger partial charge in [-0.3, -0.25) is 9.78 Å². The highest BCUT2D eigenvalue weighted by Gasteiger charge is 2.51. The van der Waals surface area contributed by atoms with Crippen molar-refractivity contribution in [3.63, 3.8) is 0 Å². The molecule has 2 N–H and O–H groups in total. The maximum atomic E-state index is 14.5. The Morgan fingerprint density at radius 1 is 1.31 bits per heavy atom. The molecule has 0 radical (unpaired) electrons. The van der Waals surface area contributed by atoms with Gasteiger partial charge < -0.3 is 9.52 Å². The molecule has 0 bridgehead atoms. The number of sulfonamides is 1. The molecule has 8 nitrogen and oxygen atoms in total. The Bertz CT molecular complexity index is 1040. The fourth-order valence-electron chi connectivity index (χ4n) is 4.24. The van der Waals surface area contributed by atoms with Crippen LogP contribution in [0, 0.1) is 11.7 Å². The summed E-state index contributed by atoms with van der Waals surface area (Å²) in [6.07, 6.45) is 3.26. The number of carbonyl (C=O) groups is 1. The summed E-state index contributed by atoms with van der Waals surface area (Å²) in [5.74, 6) is -3.17. The second-order valence-electron chi connectivity index (χ2n) is 6.83. The molecule has 1 aliphatic carbocycles. The van der Waals surface area contributed by atoms with Gasteiger partial charge in [0.05, 0.1) is 5.52 Å². The van der Waals surface area contributed by atoms with Crippen LogP contribution in [0.4, 0.5) is 4.39 Å². The zero-order valence-electron chi connectivity index (χ0n) is 13.6. The zero-order chi connectivity index (χ0) is 18.6. The molecule has 1 aromatic heterocycles. The monoisotopic (exact) mass is 384 g/mol. The lowest BCUT2D eigenvalue weighted by Crippen LogP contribution is -2.46. The lowest BCUT2D eigenvalue weighted by molar-refractivity contribution is -0.141. The molecule has 2 heterocycles. The molecule has 1 saturated carbocycles. The molecular formula is C16H17FN2O6S. The molecule has 140 valence electrons. The number of halogens is 1. The third-order valence-electron chi connectivity index (χ3n) is 5.34. The minimum Gasteiger partial charge on any atom is -0.480 e. The van der Waals surface area contributed by atoms with Crippen molar-refractivity contribution in [3.05, 3.63) is 28.5 Å². The third kappa shape index (κ3) is 2.55. The van der Waals surface area contributed by atoms with E-state index in [1.54, 1.807) is 0 Å². The summed E-state index contributed by atoms with van der Waals surface area (Å²) in [6, 6.07) is 0.134. The highest BCUT2D eigenvalue weighted by Crippen LogP contribution is 2.43. The predicted octanol–water partition coefficient (Wildman–Crippen LogP) is 1.67. The Balaban J connectivity index is 1.85. The van der Waals surface area contributed by atoms with E-state index in [2.05, 4.69) is 4.98 Å². The quantitative estimate of drug-likeness (QED) is 0.830. The minimum atomic E-state index is -4.41. The van der Waals surface area contributed by atoms with E-state index < -0.39 is 44.5 Å². The van der Waals surface area contributed by atoms with Gasteiger partial charge in [0.25, 0.3) is 0 Å². The van der Waals surface area contributed by atoms with E-state index in [4.69, 9.17) is 4.42 Å². The molecule has 2 aromatic rings. The number of fused-ring (bicyclic) bond motifs is 2. The Hall–Kier alpha value is -2.20. The normalized spacial score (nSPS) is 26.9. The molecule has 3 unspecified atom stereocenters. The third-order valence-corrected chi connectivity index (χ3v) is 7.29. The van der Waals surface area contributed by atoms with Crippen LogP contribution in [0.15, 0.2) is 26.2 Å². The Morgan fingerprint density at radius 3 is 2.77 bits per heavy atom. The van der Waals surface area contributed by atoms with Crippen LogP contribution >= 0.6 is 0 Å². The topological polar surface area (TPSA) is 121 Å². The van der Waals surface area contributed by atoms with Crippen molar-refractivity contribution in [3.8, 4) is 0 Å². The molecule has 3 atom stereocenters. The van der Waals surface area contributed by atoms with Crippen LogP contribution in [0.2, 0.25) is 0 Å². The van der Waals surface area contributed by atoms with Gasteiger partial charge in [-0.1, -0.05) is 12.8 Å². The number of nitrogens with one attached hydrogen (secondary N) is 1. The number of aromatic nitrogens is 1. The first kappa shape index (κ1) is 17.2. The summed E-state index contributed by atoms with van der Waals surface area (Å²) in [5, 5.41) is 9.52. The van der Waals surface area contributed by atoms with E-state index in [1.165, 1.54) is 0 Å². The van der Waals surface area contributed by atoms with Gasteiger partial charge in [0.1, 0.15) is 16.8 Å². The smallest absolute Gasteiger partial charge is 0.417 e. The SMILES string of the molecule is O=C(O)C1CC2CCCCC2N1S(=O)(=O)c1cc2oc(=O)[nH]c2cc1F. The summed E-state index contributed by atoms with van der Waals surface area (Å²) in [6.45, 7) is 0. The molecule has 2 aliphatic rings. The van der Waals surface area contributed by atoms with Gasteiger partial charge in [-0.25, -0.2) is 17.6 Å². The van der Waals surface area contributed by atoms with Crippen molar-refractivity contribution in [1.82, 2.24) is 9.29 Å². The van der Waals surface area contributed by atoms with Crippen LogP contribution in [0.25, 0.3) is 11.1 Å². The van der Waals surface area contributed by atoms with Gasteiger partial charge in [0, 0.05) is 18.2 Å². The lowest BCUT2D eigenvalue weighted by Gasteiger charge is -2.32. The average molecular weight is 384 g/mol. The molecule has 10 heteroatoms. The second kappa shape index (κ2) is 5.92. The van der Waals surface area contributed by atoms with E-state index in [-0.39, 0.29) is 23.4 Å². The molecule has 0 spiro atoms. The van der Waals surface area contributed by atoms with Gasteiger partial charge >= 0.3 is 11.7 Å². The first-order chi connectivity index (χ1) is 12.3. The minimum absolute atomic E-state index is 0.0400. The fraction of sp³-hybridized carbons (Fsp3) is 0.500. The number of aromatic amines is 1. The Kier molecular flexibility index (Phi) is 3.92. The van der Waals surface area contributed by atoms with E-state index in [0.29, 0.717) is 6.42 Å². The van der Waals surface area contributed by atoms with Gasteiger partial charge in [-0.2, -0.15) is 4.31 Å². The van der Waals surface area contributed by atoms with Crippen molar-refractivity contribution in [2.75, 3.05) is 0 Å². The van der Waals surface area contributed by atoms with Crippen LogP contribution in [0.1, 0.15) is 32.1 Å². The molecule has 1 saturated heterocycles. The number of H-pyrrole nitrogens is 1. The van der Waals surface area contributed by atoms with Crippen molar-refractivity contribution in [2.24, 2.45) is 5.92 Å². The summed E-state index contributed by atoms with van der Waals surface area (Å²) >= 11 is 0. The summed E-state index contributed by atoms with van der Waals surface area (Å²) in [7, 11) is -4.41. The molecule has 1 aromatic carbocycles. The molecule has 2 fully saturated rings. The molecule has 4 rings (SSSR count). The van der Waals surface area contributed by atoms with Crippen LogP contribution in [0.5, 0.6) is 0 Å². The van der Waals surface area contributed by atoms with Crippen molar-refractivity contribution >= 4 is 27.1 Å². The number of rotatable bonds is 3. The first-order valence-electron chi connectivity index (χ1n) is 8.38. The maximum Gasteiger partial charge on any atom is 0.417 e. The van der Waals surface area contributed by atoms with Crippen molar-refractivity contribution < 1.29 is 27.1 Å². The number of benzene rings is 1. The van der Waals surface area contributed by atoms with Crippen LogP contribution in [0.3, 0.4) is 0 Å². The van der Waals surface area contributed by atoms with Gasteiger partial charge in [0.2, 0.25) is 10.0 Å². The van der Waals surface area contributed by atoms with E-state index in [9.17, 15) is 27.5 Å². The molecule has 0 amide bonds. The van der Waals surface area contributed by atoms with Crippen molar-refractivity contribution in [2.45, 2.75) is 49.1 Å². The highest BCUT2D eigenvalue weighted by molar-refractivity contribution is 7.89. The molecule has 1 aliphatic heterocycles. The first-order valence-corrected chi connectivity index (χ1v) is 9.82. The highest BCUT2D eigenvalue weighted by atomic mass is 32.2. The number of aliphatic carboxylic acids is 1. The average Bonchev–Trinajstić information content (AvgIpc) is 3.13. The van der Waals surface area contributed by atoms with Gasteiger partial charge in [-0.05, 0) is 25.2 Å². The summed E-state index contributed by atoms with van der Waals surface area (Å²) in [5.41, 5.74) is -0.0561. The fourth-order valence-corrected chi connectivity index (χ4v) is 6.17. The zero-order valence-corrected chi connectivity index (χ0v) is 14.5. The van der Waals surface area contributed by atoms with E-state index >= 15 is 0 Å². The largest absolute Gasteiger partial charge is 0.480 e. The Labute approximate surface area is 147 Å². The van der Waals surface area contributed by atoms with Gasteiger partial charge in [-0.15, -0.1) is 0 Å². The van der Waals surface area contributed by atoms with E-state index in [1.807, 2.05) is 0 Å². The number of carboxylic acids is 1. The number of hydrogen-bond donors (Lipinski definition) is 2. The molecular weight excluding hydrogens is 367 g/mol. The standard InChI is InChI=1S/C16H17FN2O6S/c17-9-6-10-13(25-16(22)18-10)7-14(9)26(23,24)19-11-4-2-1-3-8(11)5-12(19)15(20)21/h6-8,11-12H,1-5H2,(H,18,22)(H,20,21). The Morgan fingerprint density at radius 2 is 2.04 bits per heavy atom. The van der Waals surface area contributed by atoms with E-state index in [0.717, 1.165) is 35.7 Å². The van der Waals surface area contributed by atoms with Crippen LogP contribution < -0.4 is 5.76 Å². The van der Waals surface area contributed by atoms with Crippen LogP contribution in [-0.4, -0.2) is 40.9 Å². The number of carboxylic acid groups (broad SMARTS) is 1. The number of hydrogen-bond acceptors (Lipinski definition) is 5. The lowest BCUT2D eigenvalue weighted by atomic mass is 9.85. The van der Waals surface area contributed by atoms with Crippen LogP contribution in [-0.2, 0) is 14.8 Å².